The number of hydrogen-bond acceptors (Lipinski definition) is 9. The molecule has 0 radical (unpaired) electrons. The van der Waals surface area contributed by atoms with Crippen LogP contribution >= 0.6 is 0 Å². The van der Waals surface area contributed by atoms with Gasteiger partial charge in [-0.2, -0.15) is 9.97 Å². The monoisotopic (exact) mass is 446 g/mol. The number of benzene rings is 2. The molecule has 0 saturated heterocycles. The Labute approximate surface area is 191 Å². The second kappa shape index (κ2) is 11.2. The summed E-state index contributed by atoms with van der Waals surface area (Å²) in [6, 6.07) is 15.5. The first-order chi connectivity index (χ1) is 16.3. The highest BCUT2D eigenvalue weighted by atomic mass is 16.5. The zero-order valence-corrected chi connectivity index (χ0v) is 18.4. The van der Waals surface area contributed by atoms with Gasteiger partial charge >= 0.3 is 0 Å². The van der Waals surface area contributed by atoms with Crippen molar-refractivity contribution in [1.29, 1.82) is 0 Å². The molecule has 4 aromatic rings. The molecule has 0 aliphatic heterocycles. The summed E-state index contributed by atoms with van der Waals surface area (Å²) in [6.07, 6.45) is 4.56. The van der Waals surface area contributed by atoms with Crippen LogP contribution < -0.4 is 15.4 Å². The van der Waals surface area contributed by atoms with E-state index in [0.717, 1.165) is 29.8 Å². The van der Waals surface area contributed by atoms with Gasteiger partial charge in [0.15, 0.2) is 18.0 Å². The SMILES string of the molecule is COc1cc(Nc2nc(CCCNCCO)nc(-c3ccccc3)n2)ccc1-c1cnco1. The highest BCUT2D eigenvalue weighted by Gasteiger charge is 2.13. The molecule has 33 heavy (non-hydrogen) atoms. The Balaban J connectivity index is 1.58. The molecule has 3 N–H and O–H groups in total. The molecule has 0 fully saturated rings. The van der Waals surface area contributed by atoms with Gasteiger partial charge in [-0.05, 0) is 25.1 Å². The normalized spacial score (nSPS) is 10.8. The minimum Gasteiger partial charge on any atom is -0.496 e. The Kier molecular flexibility index (Phi) is 7.57. The number of rotatable bonds is 11. The molecule has 0 spiro atoms. The Bertz CT molecular complexity index is 1150. The van der Waals surface area contributed by atoms with Gasteiger partial charge in [-0.3, -0.25) is 0 Å². The number of methoxy groups -OCH3 is 1. The van der Waals surface area contributed by atoms with Gasteiger partial charge in [0.1, 0.15) is 11.6 Å². The van der Waals surface area contributed by atoms with Gasteiger partial charge in [0, 0.05) is 30.3 Å². The van der Waals surface area contributed by atoms with Gasteiger partial charge in [-0.1, -0.05) is 30.3 Å². The Morgan fingerprint density at radius 2 is 1.91 bits per heavy atom. The van der Waals surface area contributed by atoms with E-state index in [4.69, 9.17) is 14.3 Å². The molecular formula is C24H26N6O3. The van der Waals surface area contributed by atoms with Gasteiger partial charge in [0.05, 0.1) is 25.5 Å². The molecule has 9 heteroatoms. The summed E-state index contributed by atoms with van der Waals surface area (Å²) in [5.74, 6) is 3.03. The maximum atomic E-state index is 8.91. The largest absolute Gasteiger partial charge is 0.496 e. The summed E-state index contributed by atoms with van der Waals surface area (Å²) in [5.41, 5.74) is 2.49. The molecule has 9 nitrogen and oxygen atoms in total. The number of aliphatic hydroxyl groups is 1. The maximum absolute atomic E-state index is 8.91. The molecule has 2 aromatic carbocycles. The van der Waals surface area contributed by atoms with Gasteiger partial charge in [-0.25, -0.2) is 9.97 Å². The first-order valence-electron chi connectivity index (χ1n) is 10.7. The van der Waals surface area contributed by atoms with Crippen molar-refractivity contribution >= 4 is 11.6 Å². The molecule has 2 aromatic heterocycles. The number of oxazole rings is 1. The summed E-state index contributed by atoms with van der Waals surface area (Å²) in [6.45, 7) is 1.47. The third-order valence-electron chi connectivity index (χ3n) is 4.91. The van der Waals surface area contributed by atoms with Crippen LogP contribution in [0, 0.1) is 0 Å². The van der Waals surface area contributed by atoms with Crippen molar-refractivity contribution in [2.75, 3.05) is 32.1 Å². The topological polar surface area (TPSA) is 118 Å². The fourth-order valence-electron chi connectivity index (χ4n) is 3.33. The summed E-state index contributed by atoms with van der Waals surface area (Å²) in [5, 5.41) is 15.4. The first kappa shape index (κ1) is 22.4. The van der Waals surface area contributed by atoms with E-state index in [1.54, 1.807) is 13.3 Å². The van der Waals surface area contributed by atoms with E-state index >= 15 is 0 Å². The van der Waals surface area contributed by atoms with Crippen LogP contribution in [0.5, 0.6) is 5.75 Å². The van der Waals surface area contributed by atoms with Crippen molar-refractivity contribution in [3.63, 3.8) is 0 Å². The van der Waals surface area contributed by atoms with Crippen LogP contribution in [0.15, 0.2) is 65.5 Å². The van der Waals surface area contributed by atoms with Crippen molar-refractivity contribution in [3.8, 4) is 28.5 Å². The fraction of sp³-hybridized carbons (Fsp3) is 0.250. The Hall–Kier alpha value is -3.82. The van der Waals surface area contributed by atoms with Crippen molar-refractivity contribution in [1.82, 2.24) is 25.3 Å². The Morgan fingerprint density at radius 3 is 2.67 bits per heavy atom. The van der Waals surface area contributed by atoms with Gasteiger partial charge in [0.2, 0.25) is 5.95 Å². The van der Waals surface area contributed by atoms with Crippen molar-refractivity contribution < 1.29 is 14.3 Å². The minimum atomic E-state index is 0.122. The quantitative estimate of drug-likeness (QED) is 0.298. The highest BCUT2D eigenvalue weighted by Crippen LogP contribution is 2.33. The molecule has 0 aliphatic carbocycles. The average Bonchev–Trinajstić information content (AvgIpc) is 3.39. The molecule has 0 amide bonds. The standard InChI is InChI=1S/C24H26N6O3/c1-32-20-14-18(9-10-19(20)21-15-26-16-33-21)27-24-29-22(8-5-11-25-12-13-31)28-23(30-24)17-6-3-2-4-7-17/h2-4,6-7,9-10,14-16,25,31H,5,8,11-13H2,1H3,(H,27,28,29,30). The zero-order chi connectivity index (χ0) is 22.9. The van der Waals surface area contributed by atoms with Gasteiger partial charge in [-0.15, -0.1) is 0 Å². The predicted molar refractivity (Wildman–Crippen MR) is 125 cm³/mol. The van der Waals surface area contributed by atoms with E-state index in [0.29, 0.717) is 42.1 Å². The zero-order valence-electron chi connectivity index (χ0n) is 18.4. The first-order valence-corrected chi connectivity index (χ1v) is 10.7. The van der Waals surface area contributed by atoms with E-state index in [1.807, 2.05) is 48.5 Å². The van der Waals surface area contributed by atoms with Gasteiger partial charge in [0.25, 0.3) is 0 Å². The lowest BCUT2D eigenvalue weighted by atomic mass is 10.1. The number of ether oxygens (including phenoxy) is 1. The number of hydrogen-bond donors (Lipinski definition) is 3. The molecule has 4 rings (SSSR count). The number of anilines is 2. The second-order valence-electron chi connectivity index (χ2n) is 7.25. The highest BCUT2D eigenvalue weighted by molar-refractivity contribution is 5.71. The van der Waals surface area contributed by atoms with E-state index < -0.39 is 0 Å². The second-order valence-corrected chi connectivity index (χ2v) is 7.25. The van der Waals surface area contributed by atoms with E-state index in [2.05, 4.69) is 30.6 Å². The van der Waals surface area contributed by atoms with Crippen molar-refractivity contribution in [2.45, 2.75) is 12.8 Å². The minimum absolute atomic E-state index is 0.122. The molecule has 2 heterocycles. The number of nitrogens with one attached hydrogen (secondary N) is 2. The Morgan fingerprint density at radius 1 is 1.03 bits per heavy atom. The van der Waals surface area contributed by atoms with Crippen LogP contribution in [-0.4, -0.2) is 51.8 Å². The molecular weight excluding hydrogens is 420 g/mol. The number of aliphatic hydroxyl groups excluding tert-OH is 1. The summed E-state index contributed by atoms with van der Waals surface area (Å²) < 4.78 is 10.9. The third-order valence-corrected chi connectivity index (χ3v) is 4.91. The third kappa shape index (κ3) is 5.91. The van der Waals surface area contributed by atoms with E-state index in [-0.39, 0.29) is 6.61 Å². The van der Waals surface area contributed by atoms with Gasteiger partial charge < -0.3 is 24.9 Å². The van der Waals surface area contributed by atoms with Crippen LogP contribution in [0.4, 0.5) is 11.6 Å². The number of aryl methyl sites for hydroxylation is 1. The predicted octanol–water partition coefficient (Wildman–Crippen LogP) is 3.46. The lowest BCUT2D eigenvalue weighted by Gasteiger charge is -2.12. The van der Waals surface area contributed by atoms with Crippen molar-refractivity contribution in [3.05, 3.63) is 66.9 Å². The van der Waals surface area contributed by atoms with Crippen LogP contribution in [0.1, 0.15) is 12.2 Å². The lowest BCUT2D eigenvalue weighted by molar-refractivity contribution is 0.292. The van der Waals surface area contributed by atoms with E-state index in [1.165, 1.54) is 6.39 Å². The molecule has 0 saturated carbocycles. The molecule has 0 aliphatic rings. The smallest absolute Gasteiger partial charge is 0.231 e. The molecule has 170 valence electrons. The van der Waals surface area contributed by atoms with E-state index in [9.17, 15) is 0 Å². The van der Waals surface area contributed by atoms with Crippen LogP contribution in [0.25, 0.3) is 22.7 Å². The van der Waals surface area contributed by atoms with Crippen LogP contribution in [0.3, 0.4) is 0 Å². The number of nitrogens with zero attached hydrogens (tertiary/aromatic N) is 4. The summed E-state index contributed by atoms with van der Waals surface area (Å²) in [4.78, 5) is 17.9. The molecule has 0 bridgehead atoms. The lowest BCUT2D eigenvalue weighted by Crippen LogP contribution is -2.20. The maximum Gasteiger partial charge on any atom is 0.231 e. The fourth-order valence-corrected chi connectivity index (χ4v) is 3.33. The van der Waals surface area contributed by atoms with Crippen LogP contribution in [-0.2, 0) is 6.42 Å². The van der Waals surface area contributed by atoms with Crippen LogP contribution in [0.2, 0.25) is 0 Å². The number of aromatic nitrogens is 4. The van der Waals surface area contributed by atoms with Crippen molar-refractivity contribution in [2.24, 2.45) is 0 Å². The molecule has 0 atom stereocenters. The summed E-state index contributed by atoms with van der Waals surface area (Å²) >= 11 is 0. The summed E-state index contributed by atoms with van der Waals surface area (Å²) in [7, 11) is 1.61. The molecule has 0 unspecified atom stereocenters. The average molecular weight is 447 g/mol.